The molecule has 1 nitrogen and oxygen atoms in total. The van der Waals surface area contributed by atoms with Gasteiger partial charge < -0.3 is 0 Å². The summed E-state index contributed by atoms with van der Waals surface area (Å²) in [5.41, 5.74) is 0.745. The van der Waals surface area contributed by atoms with E-state index in [0.717, 1.165) is 17.7 Å². The molecular weight excluding hydrogens is 197 g/mol. The standard InChI is InChI=1S/C11H12FNS/c12-11-6-2-1-5-10(11)9-14-8-4-3-7-13/h1-2,5-6H,3-4,8-9H2. The maximum Gasteiger partial charge on any atom is 0.127 e. The Bertz CT molecular complexity index is 319. The largest absolute Gasteiger partial charge is 0.207 e. The van der Waals surface area contributed by atoms with Crippen LogP contribution in [0.3, 0.4) is 0 Å². The zero-order chi connectivity index (χ0) is 10.2. The van der Waals surface area contributed by atoms with Crippen molar-refractivity contribution in [3.05, 3.63) is 35.6 Å². The first kappa shape index (κ1) is 11.1. The molecule has 0 heterocycles. The average Bonchev–Trinajstić information content (AvgIpc) is 2.20. The van der Waals surface area contributed by atoms with Gasteiger partial charge >= 0.3 is 0 Å². The minimum absolute atomic E-state index is 0.139. The third-order valence-electron chi connectivity index (χ3n) is 1.79. The molecule has 0 aromatic heterocycles. The molecule has 3 heteroatoms. The monoisotopic (exact) mass is 209 g/mol. The lowest BCUT2D eigenvalue weighted by atomic mass is 10.2. The number of hydrogen-bond acceptors (Lipinski definition) is 2. The second-order valence-electron chi connectivity index (χ2n) is 2.91. The van der Waals surface area contributed by atoms with Crippen LogP contribution in [0.1, 0.15) is 18.4 Å². The fourth-order valence-electron chi connectivity index (χ4n) is 1.05. The smallest absolute Gasteiger partial charge is 0.127 e. The van der Waals surface area contributed by atoms with Crippen LogP contribution in [0, 0.1) is 17.1 Å². The summed E-state index contributed by atoms with van der Waals surface area (Å²) >= 11 is 1.67. The van der Waals surface area contributed by atoms with Crippen molar-refractivity contribution in [1.29, 1.82) is 5.26 Å². The summed E-state index contributed by atoms with van der Waals surface area (Å²) in [6.07, 6.45) is 1.47. The van der Waals surface area contributed by atoms with Crippen molar-refractivity contribution < 1.29 is 4.39 Å². The molecule has 0 bridgehead atoms. The summed E-state index contributed by atoms with van der Waals surface area (Å²) < 4.78 is 13.1. The fourth-order valence-corrected chi connectivity index (χ4v) is 2.00. The summed E-state index contributed by atoms with van der Waals surface area (Å²) in [5, 5.41) is 8.31. The van der Waals surface area contributed by atoms with Gasteiger partial charge in [-0.05, 0) is 23.8 Å². The highest BCUT2D eigenvalue weighted by atomic mass is 32.2. The van der Waals surface area contributed by atoms with Crippen LogP contribution in [0.15, 0.2) is 24.3 Å². The highest BCUT2D eigenvalue weighted by molar-refractivity contribution is 7.98. The van der Waals surface area contributed by atoms with Crippen molar-refractivity contribution in [2.75, 3.05) is 5.75 Å². The van der Waals surface area contributed by atoms with Crippen LogP contribution >= 0.6 is 11.8 Å². The van der Waals surface area contributed by atoms with Crippen molar-refractivity contribution in [3.63, 3.8) is 0 Å². The van der Waals surface area contributed by atoms with Crippen LogP contribution in [-0.4, -0.2) is 5.75 Å². The fraction of sp³-hybridized carbons (Fsp3) is 0.364. The normalized spacial score (nSPS) is 9.71. The first-order valence-corrected chi connectivity index (χ1v) is 5.68. The van der Waals surface area contributed by atoms with E-state index in [1.165, 1.54) is 6.07 Å². The van der Waals surface area contributed by atoms with Gasteiger partial charge in [0, 0.05) is 12.2 Å². The van der Waals surface area contributed by atoms with Gasteiger partial charge in [0.25, 0.3) is 0 Å². The Hall–Kier alpha value is -1.01. The van der Waals surface area contributed by atoms with E-state index in [9.17, 15) is 4.39 Å². The summed E-state index contributed by atoms with van der Waals surface area (Å²) in [5.74, 6) is 1.47. The van der Waals surface area contributed by atoms with Crippen molar-refractivity contribution in [3.8, 4) is 6.07 Å². The number of rotatable bonds is 5. The highest BCUT2D eigenvalue weighted by Crippen LogP contribution is 2.16. The lowest BCUT2D eigenvalue weighted by Crippen LogP contribution is -1.87. The second-order valence-corrected chi connectivity index (χ2v) is 4.01. The Labute approximate surface area is 87.9 Å². The van der Waals surface area contributed by atoms with Crippen LogP contribution in [0.5, 0.6) is 0 Å². The molecule has 0 radical (unpaired) electrons. The quantitative estimate of drug-likeness (QED) is 0.694. The summed E-state index contributed by atoms with van der Waals surface area (Å²) in [7, 11) is 0. The first-order chi connectivity index (χ1) is 6.84. The highest BCUT2D eigenvalue weighted by Gasteiger charge is 1.99. The van der Waals surface area contributed by atoms with Crippen molar-refractivity contribution in [1.82, 2.24) is 0 Å². The molecule has 0 atom stereocenters. The molecule has 0 amide bonds. The van der Waals surface area contributed by atoms with E-state index in [0.29, 0.717) is 12.2 Å². The van der Waals surface area contributed by atoms with E-state index >= 15 is 0 Å². The molecule has 1 aromatic rings. The predicted molar refractivity (Wildman–Crippen MR) is 57.4 cm³/mol. The molecule has 14 heavy (non-hydrogen) atoms. The molecule has 1 aromatic carbocycles. The molecule has 0 N–H and O–H groups in total. The van der Waals surface area contributed by atoms with E-state index in [1.54, 1.807) is 23.9 Å². The van der Waals surface area contributed by atoms with Crippen molar-refractivity contribution >= 4 is 11.8 Å². The Morgan fingerprint density at radius 3 is 2.86 bits per heavy atom. The molecule has 0 saturated heterocycles. The van der Waals surface area contributed by atoms with Gasteiger partial charge in [0.1, 0.15) is 5.82 Å². The van der Waals surface area contributed by atoms with Crippen molar-refractivity contribution in [2.45, 2.75) is 18.6 Å². The van der Waals surface area contributed by atoms with Gasteiger partial charge in [0.05, 0.1) is 6.07 Å². The minimum atomic E-state index is -0.139. The Kier molecular flexibility index (Phi) is 5.09. The molecule has 1 rings (SSSR count). The molecular formula is C11H12FNS. The third kappa shape index (κ3) is 3.80. The van der Waals surface area contributed by atoms with Crippen LogP contribution < -0.4 is 0 Å². The molecule has 0 aliphatic heterocycles. The topological polar surface area (TPSA) is 23.8 Å². The second kappa shape index (κ2) is 6.44. The lowest BCUT2D eigenvalue weighted by molar-refractivity contribution is 0.617. The van der Waals surface area contributed by atoms with Crippen molar-refractivity contribution in [2.24, 2.45) is 0 Å². The summed E-state index contributed by atoms with van der Waals surface area (Å²) in [6.45, 7) is 0. The molecule has 0 aliphatic rings. The predicted octanol–water partition coefficient (Wildman–Crippen LogP) is 3.36. The van der Waals surface area contributed by atoms with Gasteiger partial charge in [-0.3, -0.25) is 0 Å². The zero-order valence-corrected chi connectivity index (χ0v) is 8.69. The zero-order valence-electron chi connectivity index (χ0n) is 7.87. The van der Waals surface area contributed by atoms with Gasteiger partial charge in [0.2, 0.25) is 0 Å². The number of thioether (sulfide) groups is 1. The molecule has 0 aliphatic carbocycles. The summed E-state index contributed by atoms with van der Waals surface area (Å²) in [4.78, 5) is 0. The van der Waals surface area contributed by atoms with Crippen LogP contribution in [0.2, 0.25) is 0 Å². The van der Waals surface area contributed by atoms with Gasteiger partial charge in [0.15, 0.2) is 0 Å². The number of hydrogen-bond donors (Lipinski definition) is 0. The Morgan fingerprint density at radius 2 is 2.14 bits per heavy atom. The third-order valence-corrected chi connectivity index (χ3v) is 2.89. The van der Waals surface area contributed by atoms with Gasteiger partial charge in [-0.1, -0.05) is 18.2 Å². The Balaban J connectivity index is 2.25. The Morgan fingerprint density at radius 1 is 1.36 bits per heavy atom. The number of nitriles is 1. The molecule has 0 unspecified atom stereocenters. The van der Waals surface area contributed by atoms with E-state index in [4.69, 9.17) is 5.26 Å². The first-order valence-electron chi connectivity index (χ1n) is 4.52. The minimum Gasteiger partial charge on any atom is -0.207 e. The van der Waals surface area contributed by atoms with Crippen LogP contribution in [-0.2, 0) is 5.75 Å². The van der Waals surface area contributed by atoms with Gasteiger partial charge in [-0.25, -0.2) is 4.39 Å². The van der Waals surface area contributed by atoms with Crippen LogP contribution in [0.25, 0.3) is 0 Å². The number of halogens is 1. The molecule has 74 valence electrons. The number of benzene rings is 1. The SMILES string of the molecule is N#CCCCSCc1ccccc1F. The number of nitrogens with zero attached hydrogens (tertiary/aromatic N) is 1. The van der Waals surface area contributed by atoms with Gasteiger partial charge in [-0.2, -0.15) is 17.0 Å². The summed E-state index contributed by atoms with van der Waals surface area (Å²) in [6, 6.07) is 8.90. The lowest BCUT2D eigenvalue weighted by Gasteiger charge is -2.01. The average molecular weight is 209 g/mol. The number of unbranched alkanes of at least 4 members (excludes halogenated alkanes) is 1. The van der Waals surface area contributed by atoms with E-state index in [-0.39, 0.29) is 5.82 Å². The van der Waals surface area contributed by atoms with E-state index < -0.39 is 0 Å². The van der Waals surface area contributed by atoms with Gasteiger partial charge in [-0.15, -0.1) is 0 Å². The van der Waals surface area contributed by atoms with Crippen LogP contribution in [0.4, 0.5) is 4.39 Å². The molecule has 0 saturated carbocycles. The maximum absolute atomic E-state index is 13.1. The van der Waals surface area contributed by atoms with E-state index in [1.807, 2.05) is 6.07 Å². The molecule has 0 spiro atoms. The van der Waals surface area contributed by atoms with E-state index in [2.05, 4.69) is 6.07 Å². The maximum atomic E-state index is 13.1. The molecule has 0 fully saturated rings.